The van der Waals surface area contributed by atoms with Crippen molar-refractivity contribution in [1.29, 1.82) is 0 Å². The van der Waals surface area contributed by atoms with E-state index in [1.54, 1.807) is 0 Å². The summed E-state index contributed by atoms with van der Waals surface area (Å²) in [5, 5.41) is 10.5. The van der Waals surface area contributed by atoms with Crippen LogP contribution in [0.4, 0.5) is 13.2 Å². The molecule has 0 aliphatic rings. The molecule has 1 atom stereocenters. The number of halogens is 3. The zero-order valence-electron chi connectivity index (χ0n) is 14.6. The number of alkyl halides is 3. The van der Waals surface area contributed by atoms with Crippen molar-refractivity contribution in [3.8, 4) is 5.75 Å². The van der Waals surface area contributed by atoms with Crippen molar-refractivity contribution in [3.63, 3.8) is 0 Å². The van der Waals surface area contributed by atoms with Gasteiger partial charge in [-0.15, -0.1) is 0 Å². The van der Waals surface area contributed by atoms with E-state index in [9.17, 15) is 13.2 Å². The average Bonchev–Trinajstić information content (AvgIpc) is 2.58. The predicted octanol–water partition coefficient (Wildman–Crippen LogP) is 4.53. The molecule has 0 aromatic heterocycles. The first kappa shape index (κ1) is 21.5. The van der Waals surface area contributed by atoms with Crippen molar-refractivity contribution in [2.24, 2.45) is 0 Å². The summed E-state index contributed by atoms with van der Waals surface area (Å²) < 4.78 is 43.6. The predicted molar refractivity (Wildman–Crippen MR) is 93.1 cm³/mol. The third-order valence-corrected chi connectivity index (χ3v) is 3.29. The third-order valence-electron chi connectivity index (χ3n) is 3.29. The van der Waals surface area contributed by atoms with Gasteiger partial charge in [0.05, 0.1) is 5.56 Å². The van der Waals surface area contributed by atoms with Gasteiger partial charge in [0.1, 0.15) is 11.9 Å². The van der Waals surface area contributed by atoms with Crippen LogP contribution >= 0.6 is 0 Å². The number of aliphatic carboxylic acids is 1. The summed E-state index contributed by atoms with van der Waals surface area (Å²) in [5.41, 5.74) is 0.323. The van der Waals surface area contributed by atoms with Crippen LogP contribution in [0.1, 0.15) is 30.6 Å². The second-order valence-electron chi connectivity index (χ2n) is 5.45. The largest absolute Gasteiger partial charge is 0.486 e. The number of carbonyl (C=O) groups is 1. The minimum absolute atomic E-state index is 0.203. The number of rotatable bonds is 6. The van der Waals surface area contributed by atoms with Crippen LogP contribution in [0, 0.1) is 0 Å². The van der Waals surface area contributed by atoms with Gasteiger partial charge < -0.3 is 15.2 Å². The Morgan fingerprint density at radius 2 is 1.65 bits per heavy atom. The molecular weight excluding hydrogens is 347 g/mol. The van der Waals surface area contributed by atoms with Crippen LogP contribution < -0.4 is 10.1 Å². The standard InChI is InChI=1S/C17H18F3NO.C2H4O2/c1-21-12-11-16(13-5-3-2-4-6-13)22-15-9-7-14(8-10-15)17(18,19)20;1-2(3)4/h2-10,16,21H,11-12H2,1H3;1H3,(H,3,4). The number of hydrogen-bond donors (Lipinski definition) is 2. The molecule has 0 saturated carbocycles. The highest BCUT2D eigenvalue weighted by Gasteiger charge is 2.30. The van der Waals surface area contributed by atoms with E-state index in [1.165, 1.54) is 12.1 Å². The van der Waals surface area contributed by atoms with Crippen LogP contribution in [-0.2, 0) is 11.0 Å². The first-order valence-corrected chi connectivity index (χ1v) is 7.97. The number of carboxylic acids is 1. The highest BCUT2D eigenvalue weighted by molar-refractivity contribution is 5.62. The molecule has 0 saturated heterocycles. The molecule has 2 aromatic rings. The van der Waals surface area contributed by atoms with E-state index in [0.29, 0.717) is 5.75 Å². The first-order chi connectivity index (χ1) is 12.2. The van der Waals surface area contributed by atoms with E-state index in [1.807, 2.05) is 37.4 Å². The SMILES string of the molecule is CC(=O)O.CNCCC(Oc1ccc(C(F)(F)F)cc1)c1ccccc1. The number of ether oxygens (including phenoxy) is 1. The summed E-state index contributed by atoms with van der Waals surface area (Å²) in [6, 6.07) is 14.4. The summed E-state index contributed by atoms with van der Waals surface area (Å²) in [7, 11) is 1.85. The van der Waals surface area contributed by atoms with Gasteiger partial charge in [0.25, 0.3) is 5.97 Å². The fraction of sp³-hybridized carbons (Fsp3) is 0.316. The summed E-state index contributed by atoms with van der Waals surface area (Å²) in [6.07, 6.45) is -3.81. The molecule has 7 heteroatoms. The average molecular weight is 369 g/mol. The minimum Gasteiger partial charge on any atom is -0.486 e. The zero-order valence-corrected chi connectivity index (χ0v) is 14.6. The molecule has 2 aromatic carbocycles. The Morgan fingerprint density at radius 1 is 1.12 bits per heavy atom. The zero-order chi connectivity index (χ0) is 19.6. The van der Waals surface area contributed by atoms with E-state index in [0.717, 1.165) is 37.6 Å². The number of carboxylic acid groups (broad SMARTS) is 1. The van der Waals surface area contributed by atoms with Gasteiger partial charge in [0.2, 0.25) is 0 Å². The van der Waals surface area contributed by atoms with Gasteiger partial charge in [-0.3, -0.25) is 4.79 Å². The van der Waals surface area contributed by atoms with Crippen LogP contribution in [0.15, 0.2) is 54.6 Å². The maximum absolute atomic E-state index is 12.6. The van der Waals surface area contributed by atoms with Gasteiger partial charge >= 0.3 is 6.18 Å². The van der Waals surface area contributed by atoms with E-state index < -0.39 is 17.7 Å². The fourth-order valence-electron chi connectivity index (χ4n) is 2.12. The lowest BCUT2D eigenvalue weighted by atomic mass is 10.1. The van der Waals surface area contributed by atoms with Crippen molar-refractivity contribution in [3.05, 3.63) is 65.7 Å². The molecule has 142 valence electrons. The van der Waals surface area contributed by atoms with E-state index >= 15 is 0 Å². The van der Waals surface area contributed by atoms with Crippen LogP contribution in [0.2, 0.25) is 0 Å². The molecule has 26 heavy (non-hydrogen) atoms. The van der Waals surface area contributed by atoms with Crippen LogP contribution in [0.25, 0.3) is 0 Å². The number of nitrogens with one attached hydrogen (secondary N) is 1. The highest BCUT2D eigenvalue weighted by atomic mass is 19.4. The number of hydrogen-bond acceptors (Lipinski definition) is 3. The Bertz CT molecular complexity index is 654. The molecule has 0 radical (unpaired) electrons. The van der Waals surface area contributed by atoms with Gasteiger partial charge in [0.15, 0.2) is 0 Å². The summed E-state index contributed by atoms with van der Waals surface area (Å²) in [5.74, 6) is -0.405. The van der Waals surface area contributed by atoms with Gasteiger partial charge in [-0.05, 0) is 43.4 Å². The van der Waals surface area contributed by atoms with Gasteiger partial charge in [-0.1, -0.05) is 30.3 Å². The van der Waals surface area contributed by atoms with Crippen molar-refractivity contribution < 1.29 is 27.8 Å². The quantitative estimate of drug-likeness (QED) is 0.786. The smallest absolute Gasteiger partial charge is 0.416 e. The maximum Gasteiger partial charge on any atom is 0.416 e. The Labute approximate surface area is 150 Å². The summed E-state index contributed by atoms with van der Waals surface area (Å²) >= 11 is 0. The first-order valence-electron chi connectivity index (χ1n) is 7.97. The molecule has 2 rings (SSSR count). The van der Waals surface area contributed by atoms with Crippen LogP contribution in [-0.4, -0.2) is 24.7 Å². The van der Waals surface area contributed by atoms with Crippen molar-refractivity contribution >= 4 is 5.97 Å². The molecule has 2 N–H and O–H groups in total. The highest BCUT2D eigenvalue weighted by Crippen LogP contribution is 2.31. The minimum atomic E-state index is -4.33. The van der Waals surface area contributed by atoms with Crippen LogP contribution in [0.3, 0.4) is 0 Å². The normalized spacial score (nSPS) is 11.9. The molecule has 1 unspecified atom stereocenters. The van der Waals surface area contributed by atoms with Crippen molar-refractivity contribution in [1.82, 2.24) is 5.32 Å². The Kier molecular flexibility index (Phi) is 8.64. The second kappa shape index (κ2) is 10.5. The summed E-state index contributed by atoms with van der Waals surface area (Å²) in [4.78, 5) is 9.00. The molecule has 0 heterocycles. The van der Waals surface area contributed by atoms with Crippen LogP contribution in [0.5, 0.6) is 5.75 Å². The lowest BCUT2D eigenvalue weighted by molar-refractivity contribution is -0.137. The molecule has 4 nitrogen and oxygen atoms in total. The molecule has 0 bridgehead atoms. The number of benzene rings is 2. The molecule has 0 aliphatic carbocycles. The lowest BCUT2D eigenvalue weighted by Gasteiger charge is -2.20. The van der Waals surface area contributed by atoms with E-state index in [4.69, 9.17) is 14.6 Å². The second-order valence-corrected chi connectivity index (χ2v) is 5.45. The summed E-state index contributed by atoms with van der Waals surface area (Å²) in [6.45, 7) is 1.83. The van der Waals surface area contributed by atoms with E-state index in [-0.39, 0.29) is 6.10 Å². The third kappa shape index (κ3) is 8.02. The Hall–Kier alpha value is -2.54. The van der Waals surface area contributed by atoms with Gasteiger partial charge in [0, 0.05) is 13.3 Å². The maximum atomic E-state index is 12.6. The Morgan fingerprint density at radius 3 is 2.12 bits per heavy atom. The van der Waals surface area contributed by atoms with Gasteiger partial charge in [-0.25, -0.2) is 0 Å². The molecule has 0 spiro atoms. The van der Waals surface area contributed by atoms with Crippen molar-refractivity contribution in [2.45, 2.75) is 25.6 Å². The molecule has 0 fully saturated rings. The lowest BCUT2D eigenvalue weighted by Crippen LogP contribution is -2.16. The fourth-order valence-corrected chi connectivity index (χ4v) is 2.12. The Balaban J connectivity index is 0.000000765. The topological polar surface area (TPSA) is 58.6 Å². The molecular formula is C19H22F3NO3. The molecule has 0 amide bonds. The van der Waals surface area contributed by atoms with Gasteiger partial charge in [-0.2, -0.15) is 13.2 Å². The molecule has 0 aliphatic heterocycles. The monoisotopic (exact) mass is 369 g/mol. The van der Waals surface area contributed by atoms with E-state index in [2.05, 4.69) is 5.32 Å². The van der Waals surface area contributed by atoms with Crippen molar-refractivity contribution in [2.75, 3.05) is 13.6 Å².